The second-order valence-corrected chi connectivity index (χ2v) is 13.7. The van der Waals surface area contributed by atoms with Gasteiger partial charge in [0, 0.05) is 43.4 Å². The first-order chi connectivity index (χ1) is 17.6. The van der Waals surface area contributed by atoms with Crippen molar-refractivity contribution in [3.05, 3.63) is 0 Å². The summed E-state index contributed by atoms with van der Waals surface area (Å²) in [6.45, 7) is 10.4. The minimum absolute atomic E-state index is 0.0448. The summed E-state index contributed by atoms with van der Waals surface area (Å²) in [5.74, 6) is 1.50. The van der Waals surface area contributed by atoms with Gasteiger partial charge in [0.1, 0.15) is 30.5 Å². The van der Waals surface area contributed by atoms with E-state index < -0.39 is 5.41 Å². The molecule has 5 rings (SSSR count). The fraction of sp³-hybridized carbons (Fsp3) is 0.871. The first kappa shape index (κ1) is 27.0. The molecule has 4 aliphatic carbocycles. The Morgan fingerprint density at radius 2 is 1.78 bits per heavy atom. The number of piperidine rings is 1. The van der Waals surface area contributed by atoms with E-state index in [1.807, 2.05) is 0 Å². The normalized spacial score (nSPS) is 41.1. The van der Waals surface area contributed by atoms with Crippen LogP contribution in [0.1, 0.15) is 97.8 Å². The predicted octanol–water partition coefficient (Wildman–Crippen LogP) is 3.60. The molecule has 6 heteroatoms. The van der Waals surface area contributed by atoms with Gasteiger partial charge in [-0.05, 0) is 80.0 Å². The van der Waals surface area contributed by atoms with Gasteiger partial charge in [0.05, 0.1) is 13.1 Å². The lowest BCUT2D eigenvalue weighted by Gasteiger charge is -2.58. The molecular weight excluding hydrogens is 466 g/mol. The highest BCUT2D eigenvalue weighted by Crippen LogP contribution is 2.66. The summed E-state index contributed by atoms with van der Waals surface area (Å²) in [4.78, 5) is 53.7. The second kappa shape index (κ2) is 10.5. The van der Waals surface area contributed by atoms with Gasteiger partial charge in [-0.25, -0.2) is 0 Å². The number of hydrogen-bond acceptors (Lipinski definition) is 5. The monoisotopic (exact) mass is 514 g/mol. The summed E-state index contributed by atoms with van der Waals surface area (Å²) in [7, 11) is 0. The van der Waals surface area contributed by atoms with Crippen LogP contribution in [0, 0.1) is 46.3 Å². The number of carbonyl (C=O) groups excluding carboxylic acids is 4. The Hall–Kier alpha value is -1.56. The first-order valence-electron chi connectivity index (χ1n) is 15.2. The maximum Gasteiger partial charge on any atom is 0.306 e. The van der Waals surface area contributed by atoms with Gasteiger partial charge in [-0.2, -0.15) is 0 Å². The molecule has 1 heterocycles. The summed E-state index contributed by atoms with van der Waals surface area (Å²) >= 11 is 0. The van der Waals surface area contributed by atoms with Crippen molar-refractivity contribution in [2.24, 2.45) is 46.3 Å². The number of Topliss-reactive ketones (excluding diaryl/α,β-unsaturated/α-hetero) is 3. The van der Waals surface area contributed by atoms with Gasteiger partial charge in [0.2, 0.25) is 0 Å². The Labute approximate surface area is 222 Å². The minimum Gasteiger partial charge on any atom is -0.460 e. The number of rotatable bonds is 7. The van der Waals surface area contributed by atoms with Crippen molar-refractivity contribution in [2.45, 2.75) is 97.8 Å². The molecule has 0 amide bonds. The number of hydrogen-bond donors (Lipinski definition) is 1. The Kier molecular flexibility index (Phi) is 7.70. The summed E-state index contributed by atoms with van der Waals surface area (Å²) in [5, 5.41) is 0. The Balaban J connectivity index is 1.20. The average molecular weight is 515 g/mol. The molecule has 1 aliphatic heterocycles. The van der Waals surface area contributed by atoms with Crippen LogP contribution in [0.15, 0.2) is 0 Å². The number of nitrogens with one attached hydrogen (secondary N) is 1. The van der Waals surface area contributed by atoms with Crippen molar-refractivity contribution in [3.8, 4) is 0 Å². The van der Waals surface area contributed by atoms with E-state index in [9.17, 15) is 19.2 Å². The number of carbonyl (C=O) groups is 4. The van der Waals surface area contributed by atoms with Gasteiger partial charge in [0.25, 0.3) is 0 Å². The first-order valence-corrected chi connectivity index (χ1v) is 15.2. The maximum atomic E-state index is 13.9. The molecule has 6 nitrogen and oxygen atoms in total. The molecule has 1 N–H and O–H groups in total. The van der Waals surface area contributed by atoms with E-state index in [0.717, 1.165) is 32.2 Å². The zero-order valence-electron chi connectivity index (χ0n) is 23.3. The topological polar surface area (TPSA) is 81.9 Å². The van der Waals surface area contributed by atoms with Crippen molar-refractivity contribution in [2.75, 3.05) is 26.2 Å². The number of quaternary nitrogens is 1. The second-order valence-electron chi connectivity index (χ2n) is 13.7. The molecule has 5 aliphatic rings. The van der Waals surface area contributed by atoms with Crippen molar-refractivity contribution in [1.82, 2.24) is 0 Å². The van der Waals surface area contributed by atoms with Crippen LogP contribution in [0.4, 0.5) is 0 Å². The van der Waals surface area contributed by atoms with E-state index in [1.54, 1.807) is 4.90 Å². The molecule has 37 heavy (non-hydrogen) atoms. The molecule has 0 aromatic rings. The van der Waals surface area contributed by atoms with Crippen molar-refractivity contribution < 1.29 is 28.8 Å². The quantitative estimate of drug-likeness (QED) is 0.525. The summed E-state index contributed by atoms with van der Waals surface area (Å²) in [6, 6.07) is 0. The molecule has 0 aromatic carbocycles. The van der Waals surface area contributed by atoms with Gasteiger partial charge in [-0.3, -0.25) is 19.2 Å². The third-order valence-electron chi connectivity index (χ3n) is 12.0. The third-order valence-corrected chi connectivity index (χ3v) is 12.0. The lowest BCUT2D eigenvalue weighted by atomic mass is 9.44. The fourth-order valence-corrected chi connectivity index (χ4v) is 9.62. The van der Waals surface area contributed by atoms with Crippen LogP contribution in [0.3, 0.4) is 0 Å². The molecular formula is C31H48NO5+. The van der Waals surface area contributed by atoms with E-state index in [0.29, 0.717) is 50.3 Å². The van der Waals surface area contributed by atoms with Crippen molar-refractivity contribution in [3.63, 3.8) is 0 Å². The number of likely N-dealkylation sites (tertiary alicyclic amines) is 1. The van der Waals surface area contributed by atoms with Crippen LogP contribution in [-0.4, -0.2) is 49.6 Å². The number of fused-ring (bicyclic) bond motifs is 5. The Bertz CT molecular complexity index is 925. The van der Waals surface area contributed by atoms with Crippen LogP contribution >= 0.6 is 0 Å². The fourth-order valence-electron chi connectivity index (χ4n) is 9.62. The van der Waals surface area contributed by atoms with Crippen LogP contribution in [-0.2, 0) is 23.9 Å². The van der Waals surface area contributed by atoms with Gasteiger partial charge in [0.15, 0.2) is 0 Å². The molecule has 0 spiro atoms. The molecule has 0 aromatic heterocycles. The third kappa shape index (κ3) is 4.85. The number of ether oxygens (including phenoxy) is 1. The smallest absolute Gasteiger partial charge is 0.306 e. The minimum atomic E-state index is -0.481. The summed E-state index contributed by atoms with van der Waals surface area (Å²) in [5.41, 5.74) is -0.557. The molecule has 1 unspecified atom stereocenters. The average Bonchev–Trinajstić information content (AvgIpc) is 3.23. The van der Waals surface area contributed by atoms with Crippen LogP contribution in [0.2, 0.25) is 0 Å². The van der Waals surface area contributed by atoms with Crippen LogP contribution in [0.5, 0.6) is 0 Å². The highest BCUT2D eigenvalue weighted by Gasteiger charge is 2.66. The van der Waals surface area contributed by atoms with E-state index in [-0.39, 0.29) is 52.7 Å². The number of ketones is 3. The molecule has 206 valence electrons. The standard InChI is InChI=1S/C31H47NO5/c1-20(7-10-28(36)37-16-15-32-13-5-4-6-14-32)23-8-9-24-29-25(19-27(35)31(23,24)3)30(2)12-11-22(33)17-21(30)18-26(29)34/h20-21,23-25,29H,4-19H2,1-3H3/p+1/t20?,21-,23+,24-,25-,29-,30-,31+/m0/s1. The summed E-state index contributed by atoms with van der Waals surface area (Å²) in [6.07, 6.45) is 9.80. The van der Waals surface area contributed by atoms with Gasteiger partial charge in [-0.1, -0.05) is 20.8 Å². The van der Waals surface area contributed by atoms with Gasteiger partial charge >= 0.3 is 5.97 Å². The molecule has 5 fully saturated rings. The molecule has 4 saturated carbocycles. The van der Waals surface area contributed by atoms with Crippen molar-refractivity contribution in [1.29, 1.82) is 0 Å². The highest BCUT2D eigenvalue weighted by molar-refractivity contribution is 5.93. The highest BCUT2D eigenvalue weighted by atomic mass is 16.5. The largest absolute Gasteiger partial charge is 0.460 e. The lowest BCUT2D eigenvalue weighted by Crippen LogP contribution is -3.13. The predicted molar refractivity (Wildman–Crippen MR) is 140 cm³/mol. The molecule has 8 atom stereocenters. The van der Waals surface area contributed by atoms with E-state index in [1.165, 1.54) is 32.4 Å². The van der Waals surface area contributed by atoms with Gasteiger partial charge in [-0.15, -0.1) is 0 Å². The zero-order chi connectivity index (χ0) is 26.4. The molecule has 0 radical (unpaired) electrons. The Morgan fingerprint density at radius 3 is 2.54 bits per heavy atom. The van der Waals surface area contributed by atoms with E-state index >= 15 is 0 Å². The maximum absolute atomic E-state index is 13.9. The number of esters is 1. The van der Waals surface area contributed by atoms with Crippen LogP contribution < -0.4 is 4.90 Å². The molecule has 1 saturated heterocycles. The van der Waals surface area contributed by atoms with Crippen molar-refractivity contribution >= 4 is 23.3 Å². The Morgan fingerprint density at radius 1 is 1.03 bits per heavy atom. The van der Waals surface area contributed by atoms with E-state index in [2.05, 4.69) is 20.8 Å². The summed E-state index contributed by atoms with van der Waals surface area (Å²) < 4.78 is 5.57. The van der Waals surface area contributed by atoms with Gasteiger partial charge < -0.3 is 9.64 Å². The lowest BCUT2D eigenvalue weighted by molar-refractivity contribution is -0.905. The van der Waals surface area contributed by atoms with E-state index in [4.69, 9.17) is 4.74 Å². The SMILES string of the molecule is CC(CCC(=O)OCC[NH+]1CCCCC1)[C@H]1CC[C@H]2[C@@H]3C(=O)C[C@@H]4CC(=O)CC[C@]4(C)[C@H]3CC(=O)[C@]12C. The molecule has 0 bridgehead atoms. The zero-order valence-corrected chi connectivity index (χ0v) is 23.3. The van der Waals surface area contributed by atoms with Crippen LogP contribution in [0.25, 0.3) is 0 Å².